The minimum atomic E-state index is -0.522. The fourth-order valence-electron chi connectivity index (χ4n) is 3.84. The Balaban J connectivity index is 1.54. The lowest BCUT2D eigenvalue weighted by molar-refractivity contribution is -0.136. The number of carbonyl (C=O) groups excluding carboxylic acids is 2. The van der Waals surface area contributed by atoms with Crippen LogP contribution in [0.25, 0.3) is 0 Å². The van der Waals surface area contributed by atoms with E-state index in [2.05, 4.69) is 10.4 Å². The summed E-state index contributed by atoms with van der Waals surface area (Å²) in [5.41, 5.74) is 0.0741. The predicted octanol–water partition coefficient (Wildman–Crippen LogP) is 1.26. The second-order valence-electron chi connectivity index (χ2n) is 8.10. The SMILES string of the molecule is CC(C)(C(=O)Nc1cnn(CC(=O)N2CCOCC2)c1)C1CCC(O)CC1. The Bertz CT molecular complexity index is 658. The smallest absolute Gasteiger partial charge is 0.244 e. The average Bonchev–Trinajstić information content (AvgIpc) is 3.09. The van der Waals surface area contributed by atoms with Gasteiger partial charge < -0.3 is 20.1 Å². The van der Waals surface area contributed by atoms with Gasteiger partial charge in [-0.1, -0.05) is 13.8 Å². The van der Waals surface area contributed by atoms with Gasteiger partial charge >= 0.3 is 0 Å². The van der Waals surface area contributed by atoms with Gasteiger partial charge in [0.05, 0.1) is 31.2 Å². The van der Waals surface area contributed by atoms with E-state index in [-0.39, 0.29) is 30.4 Å². The number of aliphatic hydroxyl groups excluding tert-OH is 1. The van der Waals surface area contributed by atoms with Crippen molar-refractivity contribution in [3.63, 3.8) is 0 Å². The number of morpholine rings is 1. The van der Waals surface area contributed by atoms with Crippen molar-refractivity contribution in [2.75, 3.05) is 31.6 Å². The van der Waals surface area contributed by atoms with E-state index in [0.717, 1.165) is 25.7 Å². The minimum Gasteiger partial charge on any atom is -0.393 e. The van der Waals surface area contributed by atoms with Crippen LogP contribution in [-0.4, -0.2) is 64.0 Å². The maximum absolute atomic E-state index is 12.8. The molecule has 150 valence electrons. The van der Waals surface area contributed by atoms with E-state index < -0.39 is 5.41 Å². The van der Waals surface area contributed by atoms with Gasteiger partial charge in [0.15, 0.2) is 0 Å². The molecule has 0 radical (unpaired) electrons. The first-order valence-electron chi connectivity index (χ1n) is 9.74. The number of aromatic nitrogens is 2. The van der Waals surface area contributed by atoms with Crippen LogP contribution in [0.1, 0.15) is 39.5 Å². The molecule has 2 N–H and O–H groups in total. The number of hydrogen-bond donors (Lipinski definition) is 2. The summed E-state index contributed by atoms with van der Waals surface area (Å²) in [7, 11) is 0. The zero-order valence-electron chi connectivity index (χ0n) is 16.2. The molecule has 0 atom stereocenters. The highest BCUT2D eigenvalue weighted by Crippen LogP contribution is 2.39. The number of nitrogens with one attached hydrogen (secondary N) is 1. The fraction of sp³-hybridized carbons (Fsp3) is 0.737. The average molecular weight is 378 g/mol. The van der Waals surface area contributed by atoms with Crippen LogP contribution >= 0.6 is 0 Å². The van der Waals surface area contributed by atoms with Gasteiger partial charge in [-0.25, -0.2) is 0 Å². The summed E-state index contributed by atoms with van der Waals surface area (Å²) < 4.78 is 6.81. The van der Waals surface area contributed by atoms with E-state index in [1.807, 2.05) is 13.8 Å². The van der Waals surface area contributed by atoms with Crippen LogP contribution in [0, 0.1) is 11.3 Å². The summed E-state index contributed by atoms with van der Waals surface area (Å²) in [6.45, 7) is 6.41. The fourth-order valence-corrected chi connectivity index (χ4v) is 3.84. The highest BCUT2D eigenvalue weighted by Gasteiger charge is 2.38. The molecule has 2 amide bonds. The summed E-state index contributed by atoms with van der Waals surface area (Å²) in [6, 6.07) is 0. The van der Waals surface area contributed by atoms with Gasteiger partial charge in [-0.05, 0) is 31.6 Å². The lowest BCUT2D eigenvalue weighted by Crippen LogP contribution is -2.42. The Morgan fingerprint density at radius 3 is 2.59 bits per heavy atom. The topological polar surface area (TPSA) is 96.7 Å². The largest absolute Gasteiger partial charge is 0.393 e. The number of anilines is 1. The van der Waals surface area contributed by atoms with Gasteiger partial charge in [-0.3, -0.25) is 14.3 Å². The van der Waals surface area contributed by atoms with E-state index in [4.69, 9.17) is 4.74 Å². The highest BCUT2D eigenvalue weighted by atomic mass is 16.5. The molecular formula is C19H30N4O4. The Morgan fingerprint density at radius 2 is 1.93 bits per heavy atom. The first kappa shape index (κ1) is 19.8. The normalized spacial score (nSPS) is 23.9. The van der Waals surface area contributed by atoms with Crippen LogP contribution in [0.3, 0.4) is 0 Å². The number of amides is 2. The number of nitrogens with zero attached hydrogens (tertiary/aromatic N) is 3. The molecule has 2 aliphatic rings. The second kappa shape index (κ2) is 8.39. The maximum atomic E-state index is 12.8. The monoisotopic (exact) mass is 378 g/mol. The first-order chi connectivity index (χ1) is 12.9. The van der Waals surface area contributed by atoms with Crippen LogP contribution in [0.2, 0.25) is 0 Å². The molecule has 8 heteroatoms. The lowest BCUT2D eigenvalue weighted by Gasteiger charge is -2.36. The number of hydrogen-bond acceptors (Lipinski definition) is 5. The van der Waals surface area contributed by atoms with Crippen LogP contribution in [-0.2, 0) is 20.9 Å². The molecule has 1 aliphatic heterocycles. The van der Waals surface area contributed by atoms with Gasteiger partial charge in [-0.15, -0.1) is 0 Å². The molecule has 1 saturated heterocycles. The lowest BCUT2D eigenvalue weighted by atomic mass is 9.70. The van der Waals surface area contributed by atoms with Gasteiger partial charge in [0.2, 0.25) is 11.8 Å². The third-order valence-corrected chi connectivity index (χ3v) is 5.85. The summed E-state index contributed by atoms with van der Waals surface area (Å²) in [5, 5.41) is 16.8. The summed E-state index contributed by atoms with van der Waals surface area (Å²) in [4.78, 5) is 26.9. The molecule has 3 rings (SSSR count). The van der Waals surface area contributed by atoms with Crippen molar-refractivity contribution in [1.29, 1.82) is 0 Å². The molecule has 0 unspecified atom stereocenters. The standard InChI is InChI=1S/C19H30N4O4/c1-19(2,14-3-5-16(24)6-4-14)18(26)21-15-11-20-23(12-15)13-17(25)22-7-9-27-10-8-22/h11-12,14,16,24H,3-10,13H2,1-2H3,(H,21,26). The molecule has 1 saturated carbocycles. The van der Waals surface area contributed by atoms with Crippen molar-refractivity contribution in [3.8, 4) is 0 Å². The van der Waals surface area contributed by atoms with Crippen LogP contribution in [0.4, 0.5) is 5.69 Å². The van der Waals surface area contributed by atoms with Crippen molar-refractivity contribution >= 4 is 17.5 Å². The number of rotatable bonds is 5. The molecule has 2 fully saturated rings. The molecule has 0 aromatic carbocycles. The van der Waals surface area contributed by atoms with E-state index in [1.54, 1.807) is 22.0 Å². The van der Waals surface area contributed by atoms with Crippen LogP contribution < -0.4 is 5.32 Å². The zero-order valence-corrected chi connectivity index (χ0v) is 16.2. The molecule has 0 bridgehead atoms. The van der Waals surface area contributed by atoms with Crippen molar-refractivity contribution in [2.45, 2.75) is 52.2 Å². The molecular weight excluding hydrogens is 348 g/mol. The van der Waals surface area contributed by atoms with Crippen molar-refractivity contribution in [2.24, 2.45) is 11.3 Å². The zero-order chi connectivity index (χ0) is 19.4. The molecule has 0 spiro atoms. The molecule has 1 aliphatic carbocycles. The second-order valence-corrected chi connectivity index (χ2v) is 8.10. The van der Waals surface area contributed by atoms with Crippen molar-refractivity contribution < 1.29 is 19.4 Å². The van der Waals surface area contributed by atoms with Gasteiger partial charge in [0.25, 0.3) is 0 Å². The van der Waals surface area contributed by atoms with E-state index >= 15 is 0 Å². The van der Waals surface area contributed by atoms with Crippen LogP contribution in [0.5, 0.6) is 0 Å². The van der Waals surface area contributed by atoms with Gasteiger partial charge in [0, 0.05) is 24.7 Å². The summed E-state index contributed by atoms with van der Waals surface area (Å²) in [6.07, 6.45) is 6.25. The van der Waals surface area contributed by atoms with E-state index in [0.29, 0.717) is 32.0 Å². The van der Waals surface area contributed by atoms with Gasteiger partial charge in [0.1, 0.15) is 6.54 Å². The molecule has 27 heavy (non-hydrogen) atoms. The van der Waals surface area contributed by atoms with Crippen molar-refractivity contribution in [1.82, 2.24) is 14.7 Å². The molecule has 2 heterocycles. The number of aliphatic hydroxyl groups is 1. The van der Waals surface area contributed by atoms with Crippen molar-refractivity contribution in [3.05, 3.63) is 12.4 Å². The molecule has 8 nitrogen and oxygen atoms in total. The van der Waals surface area contributed by atoms with Gasteiger partial charge in [-0.2, -0.15) is 5.10 Å². The Morgan fingerprint density at radius 1 is 1.26 bits per heavy atom. The summed E-state index contributed by atoms with van der Waals surface area (Å²) in [5.74, 6) is 0.196. The Labute approximate surface area is 159 Å². The number of ether oxygens (including phenoxy) is 1. The summed E-state index contributed by atoms with van der Waals surface area (Å²) >= 11 is 0. The molecule has 1 aromatic rings. The number of carbonyl (C=O) groups is 2. The first-order valence-corrected chi connectivity index (χ1v) is 9.74. The predicted molar refractivity (Wildman–Crippen MR) is 100 cm³/mol. The Hall–Kier alpha value is -1.93. The van der Waals surface area contributed by atoms with Crippen LogP contribution in [0.15, 0.2) is 12.4 Å². The highest BCUT2D eigenvalue weighted by molar-refractivity contribution is 5.94. The third kappa shape index (κ3) is 4.87. The quantitative estimate of drug-likeness (QED) is 0.804. The molecule has 1 aromatic heterocycles. The Kier molecular flexibility index (Phi) is 6.16. The maximum Gasteiger partial charge on any atom is 0.244 e. The van der Waals surface area contributed by atoms with E-state index in [9.17, 15) is 14.7 Å². The minimum absolute atomic E-state index is 0.000342. The third-order valence-electron chi connectivity index (χ3n) is 5.85. The van der Waals surface area contributed by atoms with E-state index in [1.165, 1.54) is 0 Å².